The van der Waals surface area contributed by atoms with Crippen LogP contribution < -0.4 is 5.56 Å². The molecule has 2 aromatic carbocycles. The average molecular weight is 371 g/mol. The average Bonchev–Trinajstić information content (AvgIpc) is 2.75. The highest BCUT2D eigenvalue weighted by molar-refractivity contribution is 6.09. The van der Waals surface area contributed by atoms with Gasteiger partial charge in [-0.15, -0.1) is 0 Å². The van der Waals surface area contributed by atoms with E-state index in [1.54, 1.807) is 17.2 Å². The summed E-state index contributed by atoms with van der Waals surface area (Å²) in [5, 5.41) is 6.11. The van der Waals surface area contributed by atoms with E-state index in [0.29, 0.717) is 29.7 Å². The summed E-state index contributed by atoms with van der Waals surface area (Å²) in [7, 11) is 0. The maximum atomic E-state index is 13.3. The van der Waals surface area contributed by atoms with Crippen LogP contribution in [0.25, 0.3) is 27.4 Å². The Kier molecular flexibility index (Phi) is 4.65. The number of aromatic nitrogens is 2. The van der Waals surface area contributed by atoms with Crippen molar-refractivity contribution in [1.82, 2.24) is 14.5 Å². The Labute approximate surface area is 162 Å². The topological polar surface area (TPSA) is 54.7 Å². The van der Waals surface area contributed by atoms with Crippen molar-refractivity contribution in [2.45, 2.75) is 13.8 Å². The lowest BCUT2D eigenvalue weighted by atomic mass is 10.0. The maximum absolute atomic E-state index is 13.3. The summed E-state index contributed by atoms with van der Waals surface area (Å²) in [4.78, 5) is 28.3. The van der Waals surface area contributed by atoms with Gasteiger partial charge >= 0.3 is 0 Å². The monoisotopic (exact) mass is 371 g/mol. The van der Waals surface area contributed by atoms with E-state index in [-0.39, 0.29) is 11.5 Å². The van der Waals surface area contributed by atoms with Crippen molar-refractivity contribution in [2.75, 3.05) is 13.1 Å². The SMILES string of the molecule is CCN(CC)C(=O)c1cc(-c2ccccc2)c(=O)n2ncc3ccccc3c12. The van der Waals surface area contributed by atoms with Crippen LogP contribution in [0.15, 0.2) is 71.7 Å². The Morgan fingerprint density at radius 1 is 1.00 bits per heavy atom. The number of fused-ring (bicyclic) bond motifs is 3. The predicted octanol–water partition coefficient (Wildman–Crippen LogP) is 4.00. The van der Waals surface area contributed by atoms with Crippen LogP contribution in [-0.2, 0) is 0 Å². The molecule has 0 saturated carbocycles. The molecule has 1 amide bonds. The normalized spacial score (nSPS) is 11.1. The number of pyridine rings is 1. The molecule has 5 heteroatoms. The number of benzene rings is 2. The van der Waals surface area contributed by atoms with Gasteiger partial charge in [0.25, 0.3) is 11.5 Å². The second-order valence-electron chi connectivity index (χ2n) is 6.61. The molecule has 140 valence electrons. The summed E-state index contributed by atoms with van der Waals surface area (Å²) in [5.41, 5.74) is 2.05. The molecule has 28 heavy (non-hydrogen) atoms. The standard InChI is InChI=1S/C23H21N3O2/c1-3-25(4-2)22(27)20-14-19(16-10-6-5-7-11-16)23(28)26-21(20)18-13-9-8-12-17(18)15-24-26/h5-15H,3-4H2,1-2H3. The third-order valence-corrected chi connectivity index (χ3v) is 5.07. The van der Waals surface area contributed by atoms with E-state index in [0.717, 1.165) is 16.3 Å². The van der Waals surface area contributed by atoms with Crippen molar-refractivity contribution in [2.24, 2.45) is 0 Å². The van der Waals surface area contributed by atoms with Gasteiger partial charge in [-0.25, -0.2) is 0 Å². The van der Waals surface area contributed by atoms with Crippen molar-refractivity contribution in [1.29, 1.82) is 0 Å². The zero-order chi connectivity index (χ0) is 19.7. The van der Waals surface area contributed by atoms with E-state index in [4.69, 9.17) is 0 Å². The highest BCUT2D eigenvalue weighted by Gasteiger charge is 2.21. The number of hydrogen-bond donors (Lipinski definition) is 0. The van der Waals surface area contributed by atoms with Crippen LogP contribution in [0, 0.1) is 0 Å². The van der Waals surface area contributed by atoms with Gasteiger partial charge in [-0.1, -0.05) is 54.6 Å². The first-order valence-electron chi connectivity index (χ1n) is 9.44. The summed E-state index contributed by atoms with van der Waals surface area (Å²) >= 11 is 0. The molecular formula is C23H21N3O2. The molecule has 0 aliphatic rings. The van der Waals surface area contributed by atoms with E-state index in [9.17, 15) is 9.59 Å². The summed E-state index contributed by atoms with van der Waals surface area (Å²) in [6.07, 6.45) is 1.67. The molecule has 5 nitrogen and oxygen atoms in total. The summed E-state index contributed by atoms with van der Waals surface area (Å²) in [5.74, 6) is -0.0992. The first-order valence-corrected chi connectivity index (χ1v) is 9.44. The van der Waals surface area contributed by atoms with Crippen molar-refractivity contribution < 1.29 is 4.79 Å². The molecule has 0 fully saturated rings. The van der Waals surface area contributed by atoms with Crippen molar-refractivity contribution >= 4 is 22.2 Å². The zero-order valence-corrected chi connectivity index (χ0v) is 15.9. The molecule has 0 N–H and O–H groups in total. The van der Waals surface area contributed by atoms with Gasteiger partial charge in [-0.05, 0) is 25.5 Å². The van der Waals surface area contributed by atoms with E-state index < -0.39 is 0 Å². The molecule has 2 aromatic heterocycles. The Bertz CT molecular complexity index is 1230. The molecule has 0 bridgehead atoms. The minimum absolute atomic E-state index is 0.0992. The molecule has 0 unspecified atom stereocenters. The minimum Gasteiger partial charge on any atom is -0.339 e. The molecule has 0 saturated heterocycles. The molecular weight excluding hydrogens is 350 g/mol. The lowest BCUT2D eigenvalue weighted by molar-refractivity contribution is 0.0774. The molecule has 4 aromatic rings. The highest BCUT2D eigenvalue weighted by Crippen LogP contribution is 2.25. The third kappa shape index (κ3) is 2.85. The zero-order valence-electron chi connectivity index (χ0n) is 15.9. The molecule has 0 aliphatic heterocycles. The van der Waals surface area contributed by atoms with Crippen molar-refractivity contribution in [3.8, 4) is 11.1 Å². The Morgan fingerprint density at radius 2 is 1.68 bits per heavy atom. The maximum Gasteiger partial charge on any atom is 0.279 e. The molecule has 4 rings (SSSR count). The van der Waals surface area contributed by atoms with Gasteiger partial charge in [-0.3, -0.25) is 9.59 Å². The van der Waals surface area contributed by atoms with Gasteiger partial charge in [-0.2, -0.15) is 9.61 Å². The fraction of sp³-hybridized carbons (Fsp3) is 0.174. The molecule has 0 aliphatic carbocycles. The Hall–Kier alpha value is -3.47. The number of carbonyl (C=O) groups is 1. The molecule has 0 atom stereocenters. The second-order valence-corrected chi connectivity index (χ2v) is 6.61. The van der Waals surface area contributed by atoms with Gasteiger partial charge in [0.15, 0.2) is 0 Å². The van der Waals surface area contributed by atoms with Gasteiger partial charge in [0.2, 0.25) is 0 Å². The predicted molar refractivity (Wildman–Crippen MR) is 112 cm³/mol. The van der Waals surface area contributed by atoms with Gasteiger partial charge in [0.1, 0.15) is 0 Å². The smallest absolute Gasteiger partial charge is 0.279 e. The summed E-state index contributed by atoms with van der Waals surface area (Å²) < 4.78 is 1.36. The quantitative estimate of drug-likeness (QED) is 0.510. The van der Waals surface area contributed by atoms with E-state index in [1.165, 1.54) is 4.52 Å². The van der Waals surface area contributed by atoms with E-state index >= 15 is 0 Å². The van der Waals surface area contributed by atoms with Crippen LogP contribution in [-0.4, -0.2) is 33.5 Å². The lowest BCUT2D eigenvalue weighted by Gasteiger charge is -2.20. The second kappa shape index (κ2) is 7.27. The van der Waals surface area contributed by atoms with Crippen LogP contribution >= 0.6 is 0 Å². The van der Waals surface area contributed by atoms with Crippen LogP contribution in [0.2, 0.25) is 0 Å². The van der Waals surface area contributed by atoms with Crippen molar-refractivity contribution in [3.05, 3.63) is 82.8 Å². The fourth-order valence-electron chi connectivity index (χ4n) is 3.59. The Morgan fingerprint density at radius 3 is 2.39 bits per heavy atom. The first-order chi connectivity index (χ1) is 13.7. The minimum atomic E-state index is -0.233. The third-order valence-electron chi connectivity index (χ3n) is 5.07. The van der Waals surface area contributed by atoms with Crippen LogP contribution in [0.5, 0.6) is 0 Å². The fourth-order valence-corrected chi connectivity index (χ4v) is 3.59. The molecule has 0 radical (unpaired) electrons. The largest absolute Gasteiger partial charge is 0.339 e. The highest BCUT2D eigenvalue weighted by atomic mass is 16.2. The summed E-state index contributed by atoms with van der Waals surface area (Å²) in [6.45, 7) is 5.10. The summed E-state index contributed by atoms with van der Waals surface area (Å²) in [6, 6.07) is 18.8. The molecule has 2 heterocycles. The van der Waals surface area contributed by atoms with Crippen LogP contribution in [0.1, 0.15) is 24.2 Å². The molecule has 0 spiro atoms. The number of amides is 1. The Balaban J connectivity index is 2.14. The van der Waals surface area contributed by atoms with Gasteiger partial charge < -0.3 is 4.90 Å². The van der Waals surface area contributed by atoms with Crippen LogP contribution in [0.4, 0.5) is 0 Å². The lowest BCUT2D eigenvalue weighted by Crippen LogP contribution is -2.32. The number of nitrogens with zero attached hydrogens (tertiary/aromatic N) is 3. The van der Waals surface area contributed by atoms with Gasteiger partial charge in [0.05, 0.1) is 17.3 Å². The number of hydrogen-bond acceptors (Lipinski definition) is 3. The number of carbonyl (C=O) groups excluding carboxylic acids is 1. The van der Waals surface area contributed by atoms with Crippen LogP contribution in [0.3, 0.4) is 0 Å². The number of rotatable bonds is 4. The van der Waals surface area contributed by atoms with Crippen molar-refractivity contribution in [3.63, 3.8) is 0 Å². The van der Waals surface area contributed by atoms with E-state index in [2.05, 4.69) is 5.10 Å². The van der Waals surface area contributed by atoms with E-state index in [1.807, 2.05) is 68.4 Å². The van der Waals surface area contributed by atoms with Gasteiger partial charge in [0, 0.05) is 29.4 Å². The first kappa shape index (κ1) is 17.9.